The lowest BCUT2D eigenvalue weighted by atomic mass is 10.2. The van der Waals surface area contributed by atoms with Crippen molar-refractivity contribution in [2.24, 2.45) is 0 Å². The predicted molar refractivity (Wildman–Crippen MR) is 70.0 cm³/mol. The van der Waals surface area contributed by atoms with Crippen molar-refractivity contribution in [3.63, 3.8) is 0 Å². The highest BCUT2D eigenvalue weighted by Crippen LogP contribution is 2.16. The van der Waals surface area contributed by atoms with Crippen molar-refractivity contribution >= 4 is 17.6 Å². The minimum absolute atomic E-state index is 0.168. The Labute approximate surface area is 111 Å². The van der Waals surface area contributed by atoms with Crippen LogP contribution in [-0.2, 0) is 14.3 Å². The summed E-state index contributed by atoms with van der Waals surface area (Å²) < 4.78 is 10.2. The molecule has 5 nitrogen and oxygen atoms in total. The zero-order valence-electron chi connectivity index (χ0n) is 10.8. The lowest BCUT2D eigenvalue weighted by Gasteiger charge is -2.11. The van der Waals surface area contributed by atoms with Crippen LogP contribution in [0.25, 0.3) is 0 Å². The second-order valence-electron chi connectivity index (χ2n) is 4.29. The van der Waals surface area contributed by atoms with E-state index in [0.29, 0.717) is 24.5 Å². The number of carbonyl (C=O) groups is 2. The van der Waals surface area contributed by atoms with Crippen LogP contribution in [-0.4, -0.2) is 31.2 Å². The molecule has 2 rings (SSSR count). The summed E-state index contributed by atoms with van der Waals surface area (Å²) in [6.45, 7) is 2.70. The van der Waals surface area contributed by atoms with E-state index in [4.69, 9.17) is 9.47 Å². The molecule has 0 unspecified atom stereocenters. The Morgan fingerprint density at radius 1 is 1.47 bits per heavy atom. The average molecular weight is 263 g/mol. The van der Waals surface area contributed by atoms with E-state index >= 15 is 0 Å². The van der Waals surface area contributed by atoms with E-state index in [-0.39, 0.29) is 12.0 Å². The molecule has 5 heteroatoms. The van der Waals surface area contributed by atoms with Crippen LogP contribution >= 0.6 is 0 Å². The molecule has 1 atom stereocenters. The van der Waals surface area contributed by atoms with Crippen LogP contribution in [0.15, 0.2) is 24.3 Å². The van der Waals surface area contributed by atoms with Gasteiger partial charge in [-0.05, 0) is 38.0 Å². The highest BCUT2D eigenvalue weighted by Gasteiger charge is 2.23. The number of nitrogens with one attached hydrogen (secondary N) is 1. The first-order valence-electron chi connectivity index (χ1n) is 6.40. The molecule has 0 aromatic heterocycles. The van der Waals surface area contributed by atoms with Gasteiger partial charge in [-0.25, -0.2) is 4.79 Å². The van der Waals surface area contributed by atoms with Gasteiger partial charge in [-0.15, -0.1) is 0 Å². The van der Waals surface area contributed by atoms with Gasteiger partial charge in [0.2, 0.25) is 0 Å². The third kappa shape index (κ3) is 3.54. The Morgan fingerprint density at radius 2 is 2.32 bits per heavy atom. The first kappa shape index (κ1) is 13.5. The highest BCUT2D eigenvalue weighted by atomic mass is 16.5. The van der Waals surface area contributed by atoms with Gasteiger partial charge in [-0.1, -0.05) is 6.07 Å². The number of hydrogen-bond acceptors (Lipinski definition) is 4. The molecule has 1 amide bonds. The Morgan fingerprint density at radius 3 is 3.00 bits per heavy atom. The minimum atomic E-state index is -0.393. The molecule has 0 spiro atoms. The monoisotopic (exact) mass is 263 g/mol. The summed E-state index contributed by atoms with van der Waals surface area (Å²) in [5.74, 6) is -0.561. The quantitative estimate of drug-likeness (QED) is 0.844. The zero-order valence-corrected chi connectivity index (χ0v) is 10.8. The van der Waals surface area contributed by atoms with Crippen molar-refractivity contribution < 1.29 is 19.1 Å². The molecule has 1 aliphatic rings. The summed E-state index contributed by atoms with van der Waals surface area (Å²) in [5, 5.41) is 2.75. The van der Waals surface area contributed by atoms with Crippen molar-refractivity contribution in [2.45, 2.75) is 25.9 Å². The van der Waals surface area contributed by atoms with Crippen LogP contribution in [0, 0.1) is 0 Å². The number of anilines is 1. The Kier molecular flexibility index (Phi) is 4.52. The van der Waals surface area contributed by atoms with Crippen LogP contribution < -0.4 is 5.32 Å². The zero-order chi connectivity index (χ0) is 13.7. The topological polar surface area (TPSA) is 64.6 Å². The molecule has 1 aliphatic heterocycles. The van der Waals surface area contributed by atoms with Crippen molar-refractivity contribution in [3.8, 4) is 0 Å². The van der Waals surface area contributed by atoms with E-state index in [9.17, 15) is 9.59 Å². The second kappa shape index (κ2) is 6.33. The van der Waals surface area contributed by atoms with Crippen LogP contribution in [0.2, 0.25) is 0 Å². The molecule has 19 heavy (non-hydrogen) atoms. The molecule has 1 N–H and O–H groups in total. The molecule has 102 valence electrons. The summed E-state index contributed by atoms with van der Waals surface area (Å²) in [4.78, 5) is 23.4. The highest BCUT2D eigenvalue weighted by molar-refractivity contribution is 5.96. The number of ether oxygens (including phenoxy) is 2. The molecule has 0 saturated carbocycles. The maximum Gasteiger partial charge on any atom is 0.338 e. The molecule has 1 fully saturated rings. The van der Waals surface area contributed by atoms with Crippen LogP contribution in [0.5, 0.6) is 0 Å². The van der Waals surface area contributed by atoms with E-state index in [1.807, 2.05) is 0 Å². The number of carbonyl (C=O) groups excluding carboxylic acids is 2. The summed E-state index contributed by atoms with van der Waals surface area (Å²) in [7, 11) is 0. The van der Waals surface area contributed by atoms with E-state index in [0.717, 1.165) is 12.8 Å². The van der Waals surface area contributed by atoms with Gasteiger partial charge in [0.1, 0.15) is 6.10 Å². The normalized spacial score (nSPS) is 18.1. The summed E-state index contributed by atoms with van der Waals surface area (Å²) in [6.07, 6.45) is 1.26. The van der Waals surface area contributed by atoms with Gasteiger partial charge >= 0.3 is 5.97 Å². The fraction of sp³-hybridized carbons (Fsp3) is 0.429. The number of hydrogen-bond donors (Lipinski definition) is 1. The molecule has 0 radical (unpaired) electrons. The summed E-state index contributed by atoms with van der Waals surface area (Å²) >= 11 is 0. The van der Waals surface area contributed by atoms with Gasteiger partial charge in [0.15, 0.2) is 0 Å². The van der Waals surface area contributed by atoms with E-state index in [2.05, 4.69) is 5.32 Å². The largest absolute Gasteiger partial charge is 0.462 e. The predicted octanol–water partition coefficient (Wildman–Crippen LogP) is 1.98. The van der Waals surface area contributed by atoms with Crippen molar-refractivity contribution in [2.75, 3.05) is 18.5 Å². The van der Waals surface area contributed by atoms with Gasteiger partial charge in [0, 0.05) is 12.3 Å². The third-order valence-corrected chi connectivity index (χ3v) is 2.86. The SMILES string of the molecule is CCOC(=O)c1cccc(NC(=O)[C@H]2CCCO2)c1. The van der Waals surface area contributed by atoms with Crippen molar-refractivity contribution in [1.29, 1.82) is 0 Å². The fourth-order valence-corrected chi connectivity index (χ4v) is 1.95. The van der Waals surface area contributed by atoms with Crippen molar-refractivity contribution in [1.82, 2.24) is 0 Å². The Balaban J connectivity index is 2.02. The maximum atomic E-state index is 11.9. The molecule has 1 aromatic carbocycles. The van der Waals surface area contributed by atoms with Gasteiger partial charge in [-0.3, -0.25) is 4.79 Å². The molecular weight excluding hydrogens is 246 g/mol. The van der Waals surface area contributed by atoms with Gasteiger partial charge in [0.25, 0.3) is 5.91 Å². The molecule has 0 aliphatic carbocycles. The molecule has 0 bridgehead atoms. The van der Waals surface area contributed by atoms with Gasteiger partial charge in [-0.2, -0.15) is 0 Å². The molecule has 1 heterocycles. The van der Waals surface area contributed by atoms with Gasteiger partial charge in [0.05, 0.1) is 12.2 Å². The molecular formula is C14H17NO4. The standard InChI is InChI=1S/C14H17NO4/c1-2-18-14(17)10-5-3-6-11(9-10)15-13(16)12-7-4-8-19-12/h3,5-6,9,12H,2,4,7-8H2,1H3,(H,15,16)/t12-/m1/s1. The van der Waals surface area contributed by atoms with Gasteiger partial charge < -0.3 is 14.8 Å². The number of amides is 1. The lowest BCUT2D eigenvalue weighted by Crippen LogP contribution is -2.26. The fourth-order valence-electron chi connectivity index (χ4n) is 1.95. The first-order valence-corrected chi connectivity index (χ1v) is 6.40. The summed E-state index contributed by atoms with van der Waals surface area (Å²) in [5.41, 5.74) is 0.998. The van der Waals surface area contributed by atoms with Crippen LogP contribution in [0.1, 0.15) is 30.1 Å². The molecule has 1 saturated heterocycles. The van der Waals surface area contributed by atoms with E-state index in [1.54, 1.807) is 31.2 Å². The first-order chi connectivity index (χ1) is 9.20. The van der Waals surface area contributed by atoms with Crippen LogP contribution in [0.4, 0.5) is 5.69 Å². The lowest BCUT2D eigenvalue weighted by molar-refractivity contribution is -0.124. The molecule has 1 aromatic rings. The smallest absolute Gasteiger partial charge is 0.338 e. The number of rotatable bonds is 4. The average Bonchev–Trinajstić information content (AvgIpc) is 2.93. The minimum Gasteiger partial charge on any atom is -0.462 e. The number of esters is 1. The van der Waals surface area contributed by atoms with E-state index < -0.39 is 5.97 Å². The number of benzene rings is 1. The second-order valence-corrected chi connectivity index (χ2v) is 4.29. The maximum absolute atomic E-state index is 11.9. The summed E-state index contributed by atoms with van der Waals surface area (Å²) in [6, 6.07) is 6.69. The third-order valence-electron chi connectivity index (χ3n) is 2.86. The van der Waals surface area contributed by atoms with Crippen LogP contribution in [0.3, 0.4) is 0 Å². The van der Waals surface area contributed by atoms with E-state index in [1.165, 1.54) is 0 Å². The van der Waals surface area contributed by atoms with Crippen molar-refractivity contribution in [3.05, 3.63) is 29.8 Å². The Hall–Kier alpha value is -1.88. The Bertz CT molecular complexity index is 466.